The molecule has 0 aliphatic heterocycles. The molecule has 1 saturated carbocycles. The van der Waals surface area contributed by atoms with Gasteiger partial charge in [0.25, 0.3) is 5.56 Å². The molecule has 18 heavy (non-hydrogen) atoms. The molecular formula is C11H15N3O4. The Morgan fingerprint density at radius 3 is 2.78 bits per heavy atom. The van der Waals surface area contributed by atoms with Crippen LogP contribution in [-0.2, 0) is 4.79 Å². The molecule has 1 fully saturated rings. The van der Waals surface area contributed by atoms with Gasteiger partial charge in [-0.25, -0.2) is 9.78 Å². The third kappa shape index (κ3) is 2.03. The van der Waals surface area contributed by atoms with E-state index < -0.39 is 17.1 Å². The van der Waals surface area contributed by atoms with Crippen LogP contribution in [0.1, 0.15) is 25.7 Å². The van der Waals surface area contributed by atoms with Crippen molar-refractivity contribution < 1.29 is 14.6 Å². The number of rotatable bonds is 4. The first-order valence-electron chi connectivity index (χ1n) is 5.72. The van der Waals surface area contributed by atoms with Crippen LogP contribution in [0.25, 0.3) is 0 Å². The standard InChI is InChI=1S/C11H15N3O4/c1-18-7-8(12-6-13-9(7)15)14-11(10(16)17)4-2-3-5-11/h6H,2-5H2,1H3,(H,16,17)(H2,12,13,14,15). The zero-order chi connectivity index (χ0) is 13.2. The van der Waals surface area contributed by atoms with E-state index in [2.05, 4.69) is 15.3 Å². The summed E-state index contributed by atoms with van der Waals surface area (Å²) in [5.41, 5.74) is -1.48. The maximum Gasteiger partial charge on any atom is 0.329 e. The van der Waals surface area contributed by atoms with Gasteiger partial charge >= 0.3 is 5.97 Å². The maximum atomic E-state index is 11.5. The summed E-state index contributed by atoms with van der Waals surface area (Å²) in [7, 11) is 1.35. The summed E-state index contributed by atoms with van der Waals surface area (Å²) in [6.07, 6.45) is 3.92. The summed E-state index contributed by atoms with van der Waals surface area (Å²) in [6.45, 7) is 0. The lowest BCUT2D eigenvalue weighted by Gasteiger charge is -2.26. The lowest BCUT2D eigenvalue weighted by atomic mass is 9.98. The molecule has 1 aliphatic carbocycles. The number of hydrogen-bond donors (Lipinski definition) is 3. The Morgan fingerprint density at radius 1 is 1.56 bits per heavy atom. The molecule has 7 nitrogen and oxygen atoms in total. The van der Waals surface area contributed by atoms with Crippen LogP contribution in [0.3, 0.4) is 0 Å². The fourth-order valence-corrected chi connectivity index (χ4v) is 2.26. The Hall–Kier alpha value is -2.05. The number of carbonyl (C=O) groups is 1. The quantitative estimate of drug-likeness (QED) is 0.725. The minimum atomic E-state index is -1.05. The Labute approximate surface area is 103 Å². The number of carboxylic acid groups (broad SMARTS) is 1. The van der Waals surface area contributed by atoms with Crippen molar-refractivity contribution in [1.29, 1.82) is 0 Å². The second kappa shape index (κ2) is 4.67. The Balaban J connectivity index is 2.36. The zero-order valence-corrected chi connectivity index (χ0v) is 10.0. The lowest BCUT2D eigenvalue weighted by Crippen LogP contribution is -2.44. The minimum absolute atomic E-state index is 0.00465. The highest BCUT2D eigenvalue weighted by Gasteiger charge is 2.42. The smallest absolute Gasteiger partial charge is 0.329 e. The number of aliphatic carboxylic acids is 1. The molecule has 0 atom stereocenters. The summed E-state index contributed by atoms with van der Waals surface area (Å²) in [6, 6.07) is 0. The molecule has 0 aromatic carbocycles. The number of aromatic amines is 1. The fourth-order valence-electron chi connectivity index (χ4n) is 2.26. The molecule has 0 saturated heterocycles. The molecule has 0 radical (unpaired) electrons. The molecule has 3 N–H and O–H groups in total. The van der Waals surface area contributed by atoms with E-state index in [0.717, 1.165) is 12.8 Å². The summed E-state index contributed by atoms with van der Waals surface area (Å²) >= 11 is 0. The Morgan fingerprint density at radius 2 is 2.22 bits per heavy atom. The van der Waals surface area contributed by atoms with Gasteiger partial charge < -0.3 is 20.1 Å². The van der Waals surface area contributed by atoms with Crippen LogP contribution in [-0.4, -0.2) is 33.7 Å². The first-order valence-corrected chi connectivity index (χ1v) is 5.72. The second-order valence-corrected chi connectivity index (χ2v) is 4.33. The molecule has 1 aromatic heterocycles. The van der Waals surface area contributed by atoms with Crippen LogP contribution in [0.15, 0.2) is 11.1 Å². The maximum absolute atomic E-state index is 11.5. The monoisotopic (exact) mass is 253 g/mol. The van der Waals surface area contributed by atoms with E-state index >= 15 is 0 Å². The van der Waals surface area contributed by atoms with Crippen molar-refractivity contribution >= 4 is 11.8 Å². The van der Waals surface area contributed by atoms with Crippen molar-refractivity contribution in [3.8, 4) is 5.75 Å². The van der Waals surface area contributed by atoms with Crippen molar-refractivity contribution in [3.63, 3.8) is 0 Å². The largest absolute Gasteiger partial charge is 0.489 e. The molecule has 7 heteroatoms. The van der Waals surface area contributed by atoms with Crippen molar-refractivity contribution in [2.45, 2.75) is 31.2 Å². The molecule has 1 heterocycles. The van der Waals surface area contributed by atoms with Gasteiger partial charge in [0.1, 0.15) is 5.54 Å². The van der Waals surface area contributed by atoms with E-state index in [1.165, 1.54) is 13.4 Å². The van der Waals surface area contributed by atoms with Gasteiger partial charge in [0.15, 0.2) is 5.82 Å². The number of hydrogen-bond acceptors (Lipinski definition) is 5. The van der Waals surface area contributed by atoms with Gasteiger partial charge in [-0.3, -0.25) is 4.79 Å². The number of methoxy groups -OCH3 is 1. The normalized spacial score (nSPS) is 17.4. The summed E-state index contributed by atoms with van der Waals surface area (Å²) < 4.78 is 4.95. The highest BCUT2D eigenvalue weighted by molar-refractivity contribution is 5.83. The van der Waals surface area contributed by atoms with Crippen molar-refractivity contribution in [3.05, 3.63) is 16.7 Å². The van der Waals surface area contributed by atoms with Crippen molar-refractivity contribution in [2.75, 3.05) is 12.4 Å². The summed E-state index contributed by atoms with van der Waals surface area (Å²) in [5.74, 6) is -0.750. The third-order valence-corrected chi connectivity index (χ3v) is 3.24. The van der Waals surface area contributed by atoms with E-state index in [0.29, 0.717) is 12.8 Å². The number of H-pyrrole nitrogens is 1. The van der Waals surface area contributed by atoms with Crippen LogP contribution in [0.4, 0.5) is 5.82 Å². The first-order chi connectivity index (χ1) is 8.59. The minimum Gasteiger partial charge on any atom is -0.489 e. The first kappa shape index (κ1) is 12.4. The van der Waals surface area contributed by atoms with Crippen molar-refractivity contribution in [2.24, 2.45) is 0 Å². The zero-order valence-electron chi connectivity index (χ0n) is 10.0. The van der Waals surface area contributed by atoms with Gasteiger partial charge in [0, 0.05) is 0 Å². The third-order valence-electron chi connectivity index (χ3n) is 3.24. The molecule has 98 valence electrons. The van der Waals surface area contributed by atoms with E-state index in [-0.39, 0.29) is 11.6 Å². The van der Waals surface area contributed by atoms with Crippen LogP contribution >= 0.6 is 0 Å². The van der Waals surface area contributed by atoms with Gasteiger partial charge in [-0.1, -0.05) is 12.8 Å². The topological polar surface area (TPSA) is 104 Å². The number of aromatic nitrogens is 2. The van der Waals surface area contributed by atoms with Gasteiger partial charge in [-0.15, -0.1) is 0 Å². The van der Waals surface area contributed by atoms with Gasteiger partial charge in [-0.2, -0.15) is 0 Å². The molecule has 0 unspecified atom stereocenters. The molecule has 1 aromatic rings. The Kier molecular flexibility index (Phi) is 3.22. The number of anilines is 1. The van der Waals surface area contributed by atoms with Gasteiger partial charge in [0.2, 0.25) is 5.75 Å². The highest BCUT2D eigenvalue weighted by Crippen LogP contribution is 2.34. The van der Waals surface area contributed by atoms with Gasteiger partial charge in [0.05, 0.1) is 13.4 Å². The fraction of sp³-hybridized carbons (Fsp3) is 0.545. The number of ether oxygens (including phenoxy) is 1. The summed E-state index contributed by atoms with van der Waals surface area (Å²) in [4.78, 5) is 29.2. The second-order valence-electron chi connectivity index (χ2n) is 4.33. The van der Waals surface area contributed by atoms with E-state index in [4.69, 9.17) is 4.74 Å². The Bertz CT molecular complexity index is 505. The predicted octanol–water partition coefficient (Wildman–Crippen LogP) is 0.588. The molecule has 0 bridgehead atoms. The van der Waals surface area contributed by atoms with E-state index in [1.807, 2.05) is 0 Å². The molecule has 2 rings (SSSR count). The molecule has 0 amide bonds. The van der Waals surface area contributed by atoms with Crippen LogP contribution in [0.5, 0.6) is 5.75 Å². The van der Waals surface area contributed by atoms with E-state index in [9.17, 15) is 14.7 Å². The summed E-state index contributed by atoms with van der Waals surface area (Å²) in [5, 5.41) is 12.2. The molecular weight excluding hydrogens is 238 g/mol. The van der Waals surface area contributed by atoms with E-state index in [1.54, 1.807) is 0 Å². The van der Waals surface area contributed by atoms with Gasteiger partial charge in [-0.05, 0) is 12.8 Å². The van der Waals surface area contributed by atoms with Crippen LogP contribution in [0.2, 0.25) is 0 Å². The highest BCUT2D eigenvalue weighted by atomic mass is 16.5. The lowest BCUT2D eigenvalue weighted by molar-refractivity contribution is -0.142. The number of carboxylic acids is 1. The number of nitrogens with one attached hydrogen (secondary N) is 2. The van der Waals surface area contributed by atoms with Crippen LogP contribution in [0, 0.1) is 0 Å². The molecule has 1 aliphatic rings. The predicted molar refractivity (Wildman–Crippen MR) is 63.9 cm³/mol. The number of nitrogens with zero attached hydrogens (tertiary/aromatic N) is 1. The average molecular weight is 253 g/mol. The SMILES string of the molecule is COc1c(NC2(C(=O)O)CCCC2)nc[nH]c1=O. The van der Waals surface area contributed by atoms with Crippen LogP contribution < -0.4 is 15.6 Å². The average Bonchev–Trinajstić information content (AvgIpc) is 2.79. The van der Waals surface area contributed by atoms with Crippen molar-refractivity contribution in [1.82, 2.24) is 9.97 Å². The molecule has 0 spiro atoms.